The molecule has 0 amide bonds. The average Bonchev–Trinajstić information content (AvgIpc) is 3.68. The van der Waals surface area contributed by atoms with Gasteiger partial charge in [0.05, 0.1) is 9.52 Å². The molecule has 0 atom stereocenters. The van der Waals surface area contributed by atoms with Crippen molar-refractivity contribution in [3.63, 3.8) is 0 Å². The summed E-state index contributed by atoms with van der Waals surface area (Å²) in [6.45, 7) is 15.8. The van der Waals surface area contributed by atoms with Gasteiger partial charge in [0.25, 0.3) is 0 Å². The summed E-state index contributed by atoms with van der Waals surface area (Å²) in [5, 5.41) is 6.78. The normalized spacial score (nSPS) is 9.48. The second kappa shape index (κ2) is 22.6. The van der Waals surface area contributed by atoms with E-state index in [9.17, 15) is 0 Å². The number of aryl methyl sites for hydroxylation is 1. The Morgan fingerprint density at radius 2 is 1.21 bits per heavy atom. The van der Waals surface area contributed by atoms with Crippen LogP contribution in [0.15, 0.2) is 133 Å². The van der Waals surface area contributed by atoms with Gasteiger partial charge >= 0.3 is 21.7 Å². The first kappa shape index (κ1) is 37.1. The van der Waals surface area contributed by atoms with Crippen molar-refractivity contribution in [2.75, 3.05) is 0 Å². The summed E-state index contributed by atoms with van der Waals surface area (Å²) in [6, 6.07) is 46.7. The Bertz CT molecular complexity index is 1420. The molecular formula is C40H46SiTi. The Kier molecular flexibility index (Phi) is 19.9. The Hall–Kier alpha value is -2.97. The molecule has 0 aliphatic heterocycles. The van der Waals surface area contributed by atoms with Crippen LogP contribution in [0.5, 0.6) is 0 Å². The molecule has 0 bridgehead atoms. The summed E-state index contributed by atoms with van der Waals surface area (Å²) < 4.78 is 0. The van der Waals surface area contributed by atoms with Gasteiger partial charge in [-0.1, -0.05) is 124 Å². The van der Waals surface area contributed by atoms with Gasteiger partial charge in [-0.25, -0.2) is 0 Å². The number of unbranched alkanes of at least 4 members (excludes halogenated alkanes) is 2. The van der Waals surface area contributed by atoms with Gasteiger partial charge in [-0.15, -0.1) is 69.6 Å². The summed E-state index contributed by atoms with van der Waals surface area (Å²) in [5.41, 5.74) is 3.95. The van der Waals surface area contributed by atoms with Crippen LogP contribution in [0, 0.1) is 20.8 Å². The summed E-state index contributed by atoms with van der Waals surface area (Å²) in [7, 11) is 0.930. The largest absolute Gasteiger partial charge is 4.00 e. The molecule has 0 unspecified atom stereocenters. The summed E-state index contributed by atoms with van der Waals surface area (Å²) >= 11 is 0. The van der Waals surface area contributed by atoms with E-state index in [1.807, 2.05) is 6.07 Å². The molecule has 0 aromatic heterocycles. The van der Waals surface area contributed by atoms with Crippen LogP contribution < -0.4 is 5.19 Å². The number of hydrogen-bond donors (Lipinski definition) is 0. The molecule has 2 radical (unpaired) electrons. The molecule has 0 spiro atoms. The molecule has 0 saturated heterocycles. The minimum absolute atomic E-state index is 0. The molecule has 214 valence electrons. The number of fused-ring (bicyclic) bond motifs is 2. The third-order valence-corrected chi connectivity index (χ3v) is 7.21. The van der Waals surface area contributed by atoms with Crippen molar-refractivity contribution in [3.05, 3.63) is 153 Å². The first-order valence-corrected chi connectivity index (χ1v) is 16.2. The van der Waals surface area contributed by atoms with Gasteiger partial charge in [0.2, 0.25) is 0 Å². The van der Waals surface area contributed by atoms with Gasteiger partial charge in [0.1, 0.15) is 0 Å². The minimum Gasteiger partial charge on any atom is -0.343 e. The molecule has 6 aromatic carbocycles. The topological polar surface area (TPSA) is 0 Å². The van der Waals surface area contributed by atoms with E-state index in [1.54, 1.807) is 0 Å². The van der Waals surface area contributed by atoms with Crippen LogP contribution in [0.1, 0.15) is 45.1 Å². The number of benzene rings is 4. The summed E-state index contributed by atoms with van der Waals surface area (Å²) in [4.78, 5) is 0. The van der Waals surface area contributed by atoms with Gasteiger partial charge in [0, 0.05) is 0 Å². The second-order valence-electron chi connectivity index (χ2n) is 9.69. The predicted octanol–water partition coefficient (Wildman–Crippen LogP) is 11.4. The van der Waals surface area contributed by atoms with Crippen LogP contribution in [0.3, 0.4) is 0 Å². The smallest absolute Gasteiger partial charge is 0.343 e. The molecule has 2 heteroatoms. The van der Waals surface area contributed by atoms with E-state index in [1.165, 1.54) is 56.3 Å². The van der Waals surface area contributed by atoms with E-state index in [2.05, 4.69) is 169 Å². The molecule has 0 saturated carbocycles. The van der Waals surface area contributed by atoms with E-state index >= 15 is 0 Å². The van der Waals surface area contributed by atoms with Crippen molar-refractivity contribution >= 4 is 36.3 Å². The molecule has 6 rings (SSSR count). The zero-order chi connectivity index (χ0) is 29.7. The maximum atomic E-state index is 3.60. The molecular weight excluding hydrogens is 556 g/mol. The van der Waals surface area contributed by atoms with Crippen LogP contribution in [0.2, 0.25) is 6.55 Å². The van der Waals surface area contributed by atoms with Crippen LogP contribution in [-0.2, 0) is 21.7 Å². The Labute approximate surface area is 273 Å². The minimum atomic E-state index is 0. The summed E-state index contributed by atoms with van der Waals surface area (Å²) in [6.07, 6.45) is 4.56. The van der Waals surface area contributed by atoms with Crippen molar-refractivity contribution in [1.82, 2.24) is 0 Å². The van der Waals surface area contributed by atoms with Crippen molar-refractivity contribution in [2.45, 2.75) is 53.0 Å². The quantitative estimate of drug-likeness (QED) is 0.139. The van der Waals surface area contributed by atoms with Gasteiger partial charge in [-0.2, -0.15) is 31.0 Å². The zero-order valence-electron chi connectivity index (χ0n) is 25.9. The van der Waals surface area contributed by atoms with Crippen molar-refractivity contribution in [2.24, 2.45) is 0 Å². The maximum absolute atomic E-state index is 3.60. The molecule has 0 fully saturated rings. The van der Waals surface area contributed by atoms with Gasteiger partial charge in [-0.3, -0.25) is 0 Å². The predicted molar refractivity (Wildman–Crippen MR) is 187 cm³/mol. The molecule has 0 aliphatic carbocycles. The van der Waals surface area contributed by atoms with Crippen molar-refractivity contribution < 1.29 is 21.7 Å². The fourth-order valence-corrected chi connectivity index (χ4v) is 4.47. The monoisotopic (exact) mass is 602 g/mol. The maximum Gasteiger partial charge on any atom is 4.00 e. The summed E-state index contributed by atoms with van der Waals surface area (Å²) in [5.74, 6) is 0. The molecule has 0 nitrogen and oxygen atoms in total. The molecule has 0 N–H and O–H groups in total. The van der Waals surface area contributed by atoms with E-state index in [0.717, 1.165) is 22.4 Å². The number of hydrogen-bond acceptors (Lipinski definition) is 0. The SMILES string of the molecule is C[Si]c1ccccc1.Cc1cc2ccccc2[cH-]1.[CH2-]CCC.[CH2-]CCC.[Ti+4].c1ccc(-c2cccc3[cH-]ccc23)cc1. The van der Waals surface area contributed by atoms with Crippen LogP contribution >= 0.6 is 0 Å². The van der Waals surface area contributed by atoms with Crippen LogP contribution in [0.25, 0.3) is 32.7 Å². The van der Waals surface area contributed by atoms with E-state index < -0.39 is 0 Å². The fraction of sp³-hybridized carbons (Fsp3) is 0.200. The second-order valence-corrected chi connectivity index (χ2v) is 10.8. The zero-order valence-corrected chi connectivity index (χ0v) is 28.5. The molecule has 0 heterocycles. The molecule has 42 heavy (non-hydrogen) atoms. The third kappa shape index (κ3) is 13.3. The van der Waals surface area contributed by atoms with Gasteiger partial charge in [0.15, 0.2) is 0 Å². The number of rotatable bonds is 4. The van der Waals surface area contributed by atoms with Crippen molar-refractivity contribution in [3.8, 4) is 11.1 Å². The first-order chi connectivity index (χ1) is 20.1. The standard InChI is InChI=1S/C15H11.C10H9.C7H8Si.2C4H9.Ti/c1-2-6-12(7-3-1)14-10-4-8-13-9-5-11-15(13)14;1-8-6-9-4-2-3-5-10(9)7-8;1-8-7-5-3-2-4-6-7;2*1-3-4-2;/h1-11H;2-7H,1H3;2-6H,1H3;2*1,3-4H2,2H3;/q2*-1;;2*-1;+4. The first-order valence-electron chi connectivity index (χ1n) is 14.7. The van der Waals surface area contributed by atoms with Crippen LogP contribution in [-0.4, -0.2) is 9.52 Å². The van der Waals surface area contributed by atoms with E-state index in [4.69, 9.17) is 0 Å². The van der Waals surface area contributed by atoms with Gasteiger partial charge < -0.3 is 13.8 Å². The van der Waals surface area contributed by atoms with E-state index in [-0.39, 0.29) is 21.7 Å². The van der Waals surface area contributed by atoms with Crippen LogP contribution in [0.4, 0.5) is 0 Å². The Balaban J connectivity index is 0.000000287. The third-order valence-electron chi connectivity index (χ3n) is 6.30. The molecule has 0 aliphatic rings. The van der Waals surface area contributed by atoms with Gasteiger partial charge in [-0.05, 0) is 5.56 Å². The van der Waals surface area contributed by atoms with Crippen molar-refractivity contribution in [1.29, 1.82) is 0 Å². The molecule has 6 aromatic rings. The Morgan fingerprint density at radius 1 is 0.667 bits per heavy atom. The fourth-order valence-electron chi connectivity index (χ4n) is 3.94. The average molecular weight is 603 g/mol. The Morgan fingerprint density at radius 3 is 1.76 bits per heavy atom. The van der Waals surface area contributed by atoms with E-state index in [0.29, 0.717) is 0 Å².